The van der Waals surface area contributed by atoms with Crippen molar-refractivity contribution >= 4 is 23.9 Å². The molecule has 0 heterocycles. The van der Waals surface area contributed by atoms with Gasteiger partial charge >= 0.3 is 0 Å². The Morgan fingerprint density at radius 1 is 0.476 bits per heavy atom. The largest absolute Gasteiger partial charge is 0.421 e. The van der Waals surface area contributed by atoms with Gasteiger partial charge in [0, 0.05) is 19.5 Å². The zero-order valence-corrected chi connectivity index (χ0v) is 15.8. The number of hydrogen-bond donors (Lipinski definition) is 1. The topological polar surface area (TPSA) is 20.2 Å². The molecule has 3 rings (SSSR count). The van der Waals surface area contributed by atoms with Crippen LogP contribution in [0.2, 0.25) is 0 Å². The van der Waals surface area contributed by atoms with Crippen molar-refractivity contribution in [3.8, 4) is 0 Å². The van der Waals surface area contributed by atoms with Crippen molar-refractivity contribution in [2.75, 3.05) is 0 Å². The molecule has 1 nitrogen and oxygen atoms in total. The Morgan fingerprint density at radius 2 is 0.714 bits per heavy atom. The van der Waals surface area contributed by atoms with Gasteiger partial charge in [-0.05, 0) is 15.6 Å². The van der Waals surface area contributed by atoms with Crippen molar-refractivity contribution in [1.82, 2.24) is 0 Å². The second-order valence-corrected chi connectivity index (χ2v) is 7.96. The average molecular weight is 342 g/mol. The maximum Gasteiger partial charge on any atom is 0.285 e. The minimum Gasteiger partial charge on any atom is -0.421 e. The molecule has 0 saturated heterocycles. The molecule has 1 N–H and O–H groups in total. The van der Waals surface area contributed by atoms with Crippen molar-refractivity contribution in [1.29, 1.82) is 0 Å². The maximum absolute atomic E-state index is 11.6. The Kier molecular flexibility index (Phi) is 5.24. The zero-order valence-electron chi connectivity index (χ0n) is 11.8. The molecule has 0 fully saturated rings. The van der Waals surface area contributed by atoms with Crippen LogP contribution in [0.25, 0.3) is 0 Å². The van der Waals surface area contributed by atoms with Gasteiger partial charge in [-0.1, -0.05) is 91.0 Å². The average Bonchev–Trinajstić information content (AvgIpc) is 2.56. The van der Waals surface area contributed by atoms with Gasteiger partial charge in [-0.2, -0.15) is 0 Å². The molecule has 0 aliphatic carbocycles. The molecule has 0 spiro atoms. The molecule has 0 aromatic heterocycles. The molecule has 0 atom stereocenters. The van der Waals surface area contributed by atoms with E-state index in [-0.39, 0.29) is 19.5 Å². The van der Waals surface area contributed by atoms with Crippen molar-refractivity contribution in [2.45, 2.75) is 0 Å². The molecule has 0 saturated carbocycles. The van der Waals surface area contributed by atoms with Gasteiger partial charge in [-0.15, -0.1) is 0 Å². The molecule has 0 unspecified atom stereocenters. The Hall–Kier alpha value is -1.54. The molecule has 0 amide bonds. The summed E-state index contributed by atoms with van der Waals surface area (Å²) in [5.74, 6) is 0. The van der Waals surface area contributed by atoms with E-state index in [1.807, 2.05) is 91.0 Å². The normalized spacial score (nSPS) is 10.7. The van der Waals surface area contributed by atoms with E-state index in [1.54, 1.807) is 0 Å². The summed E-state index contributed by atoms with van der Waals surface area (Å²) in [6.07, 6.45) is 0. The SMILES string of the molecule is O[Si](c1ccccc1)(c1ccccc1)c1ccccc1.[Zn]. The predicted octanol–water partition coefficient (Wildman–Crippen LogP) is 1.64. The zero-order chi connectivity index (χ0) is 13.8. The summed E-state index contributed by atoms with van der Waals surface area (Å²) in [5, 5.41) is 3.03. The molecular formula is C18H16OSiZn. The third-order valence-electron chi connectivity index (χ3n) is 3.57. The second-order valence-electron chi connectivity index (χ2n) is 4.81. The van der Waals surface area contributed by atoms with Crippen LogP contribution in [-0.2, 0) is 19.5 Å². The Morgan fingerprint density at radius 3 is 0.952 bits per heavy atom. The first-order valence-electron chi connectivity index (χ1n) is 6.71. The number of hydrogen-bond acceptors (Lipinski definition) is 1. The van der Waals surface area contributed by atoms with Crippen molar-refractivity contribution in [3.05, 3.63) is 91.0 Å². The van der Waals surface area contributed by atoms with Gasteiger partial charge in [0.15, 0.2) is 0 Å². The van der Waals surface area contributed by atoms with Crippen molar-refractivity contribution in [3.63, 3.8) is 0 Å². The van der Waals surface area contributed by atoms with E-state index in [2.05, 4.69) is 0 Å². The van der Waals surface area contributed by atoms with Crippen molar-refractivity contribution < 1.29 is 24.3 Å². The summed E-state index contributed by atoms with van der Waals surface area (Å²) in [4.78, 5) is 11.6. The van der Waals surface area contributed by atoms with Crippen LogP contribution in [0.4, 0.5) is 0 Å². The third-order valence-corrected chi connectivity index (χ3v) is 7.08. The van der Waals surface area contributed by atoms with Gasteiger partial charge in [0.1, 0.15) is 0 Å². The van der Waals surface area contributed by atoms with Gasteiger partial charge in [0.2, 0.25) is 0 Å². The minimum absolute atomic E-state index is 0. The van der Waals surface area contributed by atoms with Crippen LogP contribution in [0.15, 0.2) is 91.0 Å². The Balaban J connectivity index is 0.00000161. The summed E-state index contributed by atoms with van der Waals surface area (Å²) in [7, 11) is -2.88. The van der Waals surface area contributed by atoms with Crippen LogP contribution in [-0.4, -0.2) is 13.1 Å². The first-order valence-corrected chi connectivity index (χ1v) is 8.65. The summed E-state index contributed by atoms with van der Waals surface area (Å²) >= 11 is 0. The van der Waals surface area contributed by atoms with E-state index < -0.39 is 8.32 Å². The van der Waals surface area contributed by atoms with Crippen molar-refractivity contribution in [2.24, 2.45) is 0 Å². The second kappa shape index (κ2) is 6.95. The smallest absolute Gasteiger partial charge is 0.285 e. The van der Waals surface area contributed by atoms with Gasteiger partial charge in [-0.3, -0.25) is 0 Å². The van der Waals surface area contributed by atoms with Crippen LogP contribution in [0.1, 0.15) is 0 Å². The summed E-state index contributed by atoms with van der Waals surface area (Å²) < 4.78 is 0. The predicted molar refractivity (Wildman–Crippen MR) is 86.2 cm³/mol. The van der Waals surface area contributed by atoms with Gasteiger partial charge < -0.3 is 4.80 Å². The molecule has 21 heavy (non-hydrogen) atoms. The summed E-state index contributed by atoms with van der Waals surface area (Å²) in [5.41, 5.74) is 0. The van der Waals surface area contributed by atoms with E-state index in [4.69, 9.17) is 0 Å². The first kappa shape index (κ1) is 15.8. The molecule has 100 valence electrons. The van der Waals surface area contributed by atoms with Gasteiger partial charge in [0.05, 0.1) is 0 Å². The standard InChI is InChI=1S/C18H16OSi.Zn/c19-20(16-10-4-1-5-11-16,17-12-6-2-7-13-17)18-14-8-3-9-15-18;/h1-15,19H;. The van der Waals surface area contributed by atoms with E-state index in [1.165, 1.54) is 0 Å². The van der Waals surface area contributed by atoms with E-state index in [0.717, 1.165) is 15.6 Å². The Bertz CT molecular complexity index is 575. The van der Waals surface area contributed by atoms with Gasteiger partial charge in [-0.25, -0.2) is 0 Å². The molecule has 0 aliphatic heterocycles. The molecule has 0 bridgehead atoms. The summed E-state index contributed by atoms with van der Waals surface area (Å²) in [6, 6.07) is 30.0. The maximum atomic E-state index is 11.6. The van der Waals surface area contributed by atoms with Crippen LogP contribution in [0, 0.1) is 0 Å². The number of rotatable bonds is 3. The van der Waals surface area contributed by atoms with E-state index in [9.17, 15) is 4.80 Å². The fraction of sp³-hybridized carbons (Fsp3) is 0. The molecule has 3 heteroatoms. The molecular weight excluding hydrogens is 326 g/mol. The minimum atomic E-state index is -2.88. The van der Waals surface area contributed by atoms with E-state index >= 15 is 0 Å². The van der Waals surface area contributed by atoms with Crippen LogP contribution in [0.5, 0.6) is 0 Å². The molecule has 0 radical (unpaired) electrons. The van der Waals surface area contributed by atoms with Gasteiger partial charge in [0.25, 0.3) is 8.32 Å². The first-order chi connectivity index (χ1) is 9.82. The fourth-order valence-electron chi connectivity index (χ4n) is 2.54. The quantitative estimate of drug-likeness (QED) is 0.567. The number of benzene rings is 3. The third kappa shape index (κ3) is 3.06. The Labute approximate surface area is 139 Å². The monoisotopic (exact) mass is 340 g/mol. The fourth-order valence-corrected chi connectivity index (χ4v) is 5.56. The summed E-state index contributed by atoms with van der Waals surface area (Å²) in [6.45, 7) is 0. The molecule has 3 aromatic carbocycles. The van der Waals surface area contributed by atoms with E-state index in [0.29, 0.717) is 0 Å². The van der Waals surface area contributed by atoms with Crippen LogP contribution >= 0.6 is 0 Å². The van der Waals surface area contributed by atoms with Crippen LogP contribution < -0.4 is 15.6 Å². The van der Waals surface area contributed by atoms with Crippen LogP contribution in [0.3, 0.4) is 0 Å². The molecule has 3 aromatic rings. The molecule has 0 aliphatic rings.